The van der Waals surface area contributed by atoms with E-state index >= 15 is 0 Å². The van der Waals surface area contributed by atoms with Crippen LogP contribution in [0.2, 0.25) is 0 Å². The Morgan fingerprint density at radius 3 is 2.27 bits per heavy atom. The third kappa shape index (κ3) is 3.66. The second-order valence-corrected chi connectivity index (χ2v) is 7.36. The maximum atomic E-state index is 13.2. The topological polar surface area (TPSA) is 82.5 Å². The van der Waals surface area contributed by atoms with Crippen LogP contribution in [-0.2, 0) is 9.59 Å². The van der Waals surface area contributed by atoms with Gasteiger partial charge in [0.1, 0.15) is 17.2 Å². The van der Waals surface area contributed by atoms with Gasteiger partial charge < -0.3 is 19.5 Å². The van der Waals surface area contributed by atoms with E-state index in [2.05, 4.69) is 9.80 Å². The average Bonchev–Trinajstić information content (AvgIpc) is 3.07. The Morgan fingerprint density at radius 1 is 0.933 bits per heavy atom. The molecule has 2 aliphatic rings. The highest BCUT2D eigenvalue weighted by Crippen LogP contribution is 2.36. The molecular formula is C22H25N3O5. The fourth-order valence-electron chi connectivity index (χ4n) is 4.08. The molecule has 2 saturated heterocycles. The number of piperazine rings is 1. The van der Waals surface area contributed by atoms with Gasteiger partial charge in [-0.1, -0.05) is 0 Å². The number of carbonyl (C=O) groups excluding carboxylic acids is 2. The van der Waals surface area contributed by atoms with Crippen molar-refractivity contribution in [1.82, 2.24) is 4.90 Å². The Balaban J connectivity index is 1.47. The molecule has 1 atom stereocenters. The van der Waals surface area contributed by atoms with Gasteiger partial charge in [0.15, 0.2) is 0 Å². The number of hydrogen-bond donors (Lipinski definition) is 1. The molecule has 2 amide bonds. The second kappa shape index (κ2) is 8.23. The van der Waals surface area contributed by atoms with Crippen LogP contribution in [0.25, 0.3) is 0 Å². The van der Waals surface area contributed by atoms with Gasteiger partial charge in [0.25, 0.3) is 5.91 Å². The van der Waals surface area contributed by atoms with Crippen LogP contribution >= 0.6 is 0 Å². The monoisotopic (exact) mass is 411 g/mol. The zero-order valence-corrected chi connectivity index (χ0v) is 17.1. The first kappa shape index (κ1) is 20.0. The summed E-state index contributed by atoms with van der Waals surface area (Å²) in [5, 5.41) is 9.46. The lowest BCUT2D eigenvalue weighted by Gasteiger charge is -2.38. The molecule has 8 nitrogen and oxygen atoms in total. The van der Waals surface area contributed by atoms with Crippen LogP contribution in [0.15, 0.2) is 42.5 Å². The number of hydrogen-bond acceptors (Lipinski definition) is 7. The average molecular weight is 411 g/mol. The number of carbonyl (C=O) groups is 2. The minimum Gasteiger partial charge on any atom is -0.508 e. The zero-order valence-electron chi connectivity index (χ0n) is 17.1. The Morgan fingerprint density at radius 2 is 1.63 bits per heavy atom. The first-order chi connectivity index (χ1) is 14.5. The van der Waals surface area contributed by atoms with E-state index in [4.69, 9.17) is 9.47 Å². The van der Waals surface area contributed by atoms with Crippen LogP contribution in [0.5, 0.6) is 17.2 Å². The predicted octanol–water partition coefficient (Wildman–Crippen LogP) is 1.86. The van der Waals surface area contributed by atoms with Gasteiger partial charge in [0, 0.05) is 37.9 Å². The number of benzene rings is 2. The number of nitrogens with zero attached hydrogens (tertiary/aromatic N) is 3. The van der Waals surface area contributed by atoms with E-state index < -0.39 is 6.04 Å². The van der Waals surface area contributed by atoms with Gasteiger partial charge in [-0.05, 0) is 36.4 Å². The summed E-state index contributed by atoms with van der Waals surface area (Å²) < 4.78 is 10.6. The summed E-state index contributed by atoms with van der Waals surface area (Å²) in [6.45, 7) is 2.85. The zero-order chi connectivity index (χ0) is 21.3. The molecule has 2 fully saturated rings. The van der Waals surface area contributed by atoms with E-state index in [0.29, 0.717) is 30.3 Å². The van der Waals surface area contributed by atoms with Crippen LogP contribution in [0, 0.1) is 0 Å². The molecule has 1 N–H and O–H groups in total. The molecule has 2 aromatic carbocycles. The summed E-state index contributed by atoms with van der Waals surface area (Å²) in [6, 6.07) is 11.7. The van der Waals surface area contributed by atoms with E-state index in [-0.39, 0.29) is 24.0 Å². The summed E-state index contributed by atoms with van der Waals surface area (Å²) in [5.41, 5.74) is 1.48. The van der Waals surface area contributed by atoms with Crippen LogP contribution in [0.4, 0.5) is 11.4 Å². The molecule has 0 spiro atoms. The SMILES string of the molecule is COc1ccc(N2C(=O)C[C@@H](N3CCN(c4ccc(O)cc4)CC3)C2=O)c(OC)c1. The highest BCUT2D eigenvalue weighted by molar-refractivity contribution is 6.23. The first-order valence-corrected chi connectivity index (χ1v) is 9.88. The number of phenols is 1. The maximum Gasteiger partial charge on any atom is 0.251 e. The normalized spacial score (nSPS) is 20.0. The minimum atomic E-state index is -0.466. The van der Waals surface area contributed by atoms with E-state index in [9.17, 15) is 14.7 Å². The summed E-state index contributed by atoms with van der Waals surface area (Å²) in [7, 11) is 3.05. The minimum absolute atomic E-state index is 0.160. The number of phenolic OH excluding ortho intramolecular Hbond substituents is 1. The Bertz CT molecular complexity index is 938. The summed E-state index contributed by atoms with van der Waals surface area (Å²) in [5.74, 6) is 0.808. The maximum absolute atomic E-state index is 13.2. The van der Waals surface area contributed by atoms with Gasteiger partial charge in [-0.2, -0.15) is 0 Å². The number of imide groups is 1. The Kier molecular flexibility index (Phi) is 5.50. The standard InChI is InChI=1S/C22H25N3O5/c1-29-17-7-8-18(20(13-17)30-2)25-21(27)14-19(22(25)28)24-11-9-23(10-12-24)15-3-5-16(26)6-4-15/h3-8,13,19,26H,9-12,14H2,1-2H3/t19-/m1/s1. The molecule has 0 aromatic heterocycles. The largest absolute Gasteiger partial charge is 0.508 e. The molecule has 4 rings (SSSR count). The lowest BCUT2D eigenvalue weighted by Crippen LogP contribution is -2.52. The molecule has 0 saturated carbocycles. The second-order valence-electron chi connectivity index (χ2n) is 7.36. The molecule has 2 heterocycles. The molecule has 30 heavy (non-hydrogen) atoms. The quantitative estimate of drug-likeness (QED) is 0.752. The van der Waals surface area contributed by atoms with Crippen molar-refractivity contribution in [3.63, 3.8) is 0 Å². The number of rotatable bonds is 5. The van der Waals surface area contributed by atoms with Gasteiger partial charge in [-0.25, -0.2) is 4.90 Å². The van der Waals surface area contributed by atoms with E-state index in [1.807, 2.05) is 12.1 Å². The number of anilines is 2. The van der Waals surface area contributed by atoms with Crippen molar-refractivity contribution in [2.75, 3.05) is 50.2 Å². The van der Waals surface area contributed by atoms with Gasteiger partial charge in [-0.3, -0.25) is 14.5 Å². The van der Waals surface area contributed by atoms with E-state index in [1.165, 1.54) is 12.0 Å². The fraction of sp³-hybridized carbons (Fsp3) is 0.364. The van der Waals surface area contributed by atoms with Crippen molar-refractivity contribution < 1.29 is 24.2 Å². The molecule has 8 heteroatoms. The highest BCUT2D eigenvalue weighted by Gasteiger charge is 2.44. The predicted molar refractivity (Wildman–Crippen MR) is 112 cm³/mol. The fourth-order valence-corrected chi connectivity index (χ4v) is 4.08. The molecule has 2 aromatic rings. The van der Waals surface area contributed by atoms with Crippen LogP contribution < -0.4 is 19.3 Å². The van der Waals surface area contributed by atoms with Crippen molar-refractivity contribution in [1.29, 1.82) is 0 Å². The third-order valence-corrected chi connectivity index (χ3v) is 5.72. The number of amides is 2. The van der Waals surface area contributed by atoms with Crippen molar-refractivity contribution in [2.24, 2.45) is 0 Å². The Hall–Kier alpha value is -3.26. The summed E-state index contributed by atoms with van der Waals surface area (Å²) in [6.07, 6.45) is 0.160. The number of methoxy groups -OCH3 is 2. The van der Waals surface area contributed by atoms with Crippen LogP contribution in [-0.4, -0.2) is 68.3 Å². The molecule has 158 valence electrons. The van der Waals surface area contributed by atoms with Crippen molar-refractivity contribution in [2.45, 2.75) is 12.5 Å². The lowest BCUT2D eigenvalue weighted by atomic mass is 10.1. The third-order valence-electron chi connectivity index (χ3n) is 5.72. The van der Waals surface area contributed by atoms with Crippen LogP contribution in [0.1, 0.15) is 6.42 Å². The van der Waals surface area contributed by atoms with Crippen molar-refractivity contribution in [3.05, 3.63) is 42.5 Å². The molecule has 2 aliphatic heterocycles. The summed E-state index contributed by atoms with van der Waals surface area (Å²) in [4.78, 5) is 31.4. The summed E-state index contributed by atoms with van der Waals surface area (Å²) >= 11 is 0. The van der Waals surface area contributed by atoms with Gasteiger partial charge >= 0.3 is 0 Å². The Labute approximate surface area is 175 Å². The smallest absolute Gasteiger partial charge is 0.251 e. The van der Waals surface area contributed by atoms with Crippen molar-refractivity contribution in [3.8, 4) is 17.2 Å². The molecule has 0 unspecified atom stereocenters. The number of ether oxygens (including phenoxy) is 2. The molecule has 0 aliphatic carbocycles. The van der Waals surface area contributed by atoms with E-state index in [0.717, 1.165) is 18.8 Å². The van der Waals surface area contributed by atoms with Crippen molar-refractivity contribution >= 4 is 23.2 Å². The number of aromatic hydroxyl groups is 1. The van der Waals surface area contributed by atoms with Crippen LogP contribution in [0.3, 0.4) is 0 Å². The first-order valence-electron chi connectivity index (χ1n) is 9.88. The van der Waals surface area contributed by atoms with Gasteiger partial charge in [-0.15, -0.1) is 0 Å². The van der Waals surface area contributed by atoms with E-state index in [1.54, 1.807) is 37.4 Å². The molecular weight excluding hydrogens is 386 g/mol. The lowest BCUT2D eigenvalue weighted by molar-refractivity contribution is -0.123. The van der Waals surface area contributed by atoms with Gasteiger partial charge in [0.05, 0.1) is 32.4 Å². The molecule has 0 bridgehead atoms. The van der Waals surface area contributed by atoms with Gasteiger partial charge in [0.2, 0.25) is 5.91 Å². The highest BCUT2D eigenvalue weighted by atomic mass is 16.5. The molecule has 0 radical (unpaired) electrons.